The van der Waals surface area contributed by atoms with Crippen molar-refractivity contribution in [3.63, 3.8) is 0 Å². The van der Waals surface area contributed by atoms with E-state index in [0.29, 0.717) is 9.79 Å². The van der Waals surface area contributed by atoms with E-state index in [1.807, 2.05) is 24.7 Å². The van der Waals surface area contributed by atoms with E-state index in [1.54, 1.807) is 6.20 Å². The van der Waals surface area contributed by atoms with Gasteiger partial charge in [-0.25, -0.2) is 4.98 Å². The molecular weight excluding hydrogens is 244 g/mol. The Labute approximate surface area is 104 Å². The Balaban J connectivity index is 2.44. The van der Waals surface area contributed by atoms with Crippen LogP contribution in [0.1, 0.15) is 0 Å². The molecule has 0 aliphatic heterocycles. The Morgan fingerprint density at radius 3 is 3.00 bits per heavy atom. The van der Waals surface area contributed by atoms with Crippen molar-refractivity contribution < 1.29 is 0 Å². The first-order valence-corrected chi connectivity index (χ1v) is 5.75. The van der Waals surface area contributed by atoms with Crippen LogP contribution < -0.4 is 0 Å². The normalized spacial score (nSPS) is 11.5. The summed E-state index contributed by atoms with van der Waals surface area (Å²) >= 11 is 11.1. The van der Waals surface area contributed by atoms with Gasteiger partial charge in [-0.3, -0.25) is 0 Å². The Morgan fingerprint density at radius 2 is 2.31 bits per heavy atom. The maximum atomic E-state index is 5.87. The van der Waals surface area contributed by atoms with Crippen LogP contribution in [0.3, 0.4) is 0 Å². The summed E-state index contributed by atoms with van der Waals surface area (Å²) in [7, 11) is 4.06. The molecular formula is C10H13ClN4S. The number of rotatable bonds is 3. The van der Waals surface area contributed by atoms with Crippen molar-refractivity contribution in [1.29, 1.82) is 0 Å². The number of hydrogen-bond donors (Lipinski definition) is 1. The lowest BCUT2D eigenvalue weighted by molar-refractivity contribution is 0.385. The monoisotopic (exact) mass is 256 g/mol. The molecule has 2 aromatic heterocycles. The van der Waals surface area contributed by atoms with Gasteiger partial charge in [-0.1, -0.05) is 11.6 Å². The van der Waals surface area contributed by atoms with Crippen LogP contribution in [0.4, 0.5) is 0 Å². The first-order chi connectivity index (χ1) is 7.58. The van der Waals surface area contributed by atoms with Crippen LogP contribution in [0.2, 0.25) is 5.02 Å². The number of nitrogens with zero attached hydrogens (tertiary/aromatic N) is 3. The largest absolute Gasteiger partial charge is 0.329 e. The molecule has 0 spiro atoms. The summed E-state index contributed by atoms with van der Waals surface area (Å²) < 4.78 is 2.67. The van der Waals surface area contributed by atoms with E-state index in [-0.39, 0.29) is 0 Å². The summed E-state index contributed by atoms with van der Waals surface area (Å²) in [5, 5.41) is 0.614. The van der Waals surface area contributed by atoms with Gasteiger partial charge in [-0.2, -0.15) is 0 Å². The molecule has 0 amide bonds. The number of likely N-dealkylation sites (N-methyl/N-ethyl adjacent to an activating group) is 1. The van der Waals surface area contributed by atoms with Crippen LogP contribution in [-0.2, 0) is 6.54 Å². The Hall–Kier alpha value is -0.910. The molecule has 0 saturated heterocycles. The smallest absolute Gasteiger partial charge is 0.179 e. The summed E-state index contributed by atoms with van der Waals surface area (Å²) in [4.78, 5) is 9.51. The van der Waals surface area contributed by atoms with E-state index in [0.717, 1.165) is 24.3 Å². The highest BCUT2D eigenvalue weighted by atomic mass is 35.5. The van der Waals surface area contributed by atoms with E-state index in [2.05, 4.69) is 14.9 Å². The van der Waals surface area contributed by atoms with E-state index in [1.165, 1.54) is 0 Å². The lowest BCUT2D eigenvalue weighted by Gasteiger charge is -2.09. The predicted octanol–water partition coefficient (Wildman–Crippen LogP) is 2.31. The highest BCUT2D eigenvalue weighted by Crippen LogP contribution is 2.16. The molecule has 86 valence electrons. The average molecular weight is 257 g/mol. The maximum Gasteiger partial charge on any atom is 0.179 e. The molecule has 0 atom stereocenters. The summed E-state index contributed by atoms with van der Waals surface area (Å²) in [6, 6.07) is 1.84. The molecule has 0 aliphatic rings. The number of nitrogens with one attached hydrogen (secondary N) is 1. The zero-order chi connectivity index (χ0) is 11.7. The zero-order valence-electron chi connectivity index (χ0n) is 9.20. The molecule has 0 aliphatic carbocycles. The molecule has 1 N–H and O–H groups in total. The summed E-state index contributed by atoms with van der Waals surface area (Å²) in [5.41, 5.74) is 1.74. The van der Waals surface area contributed by atoms with E-state index < -0.39 is 0 Å². The lowest BCUT2D eigenvalue weighted by Crippen LogP contribution is -2.18. The van der Waals surface area contributed by atoms with E-state index in [9.17, 15) is 0 Å². The topological polar surface area (TPSA) is 36.9 Å². The van der Waals surface area contributed by atoms with Gasteiger partial charge in [0.15, 0.2) is 10.4 Å². The van der Waals surface area contributed by atoms with Crippen molar-refractivity contribution in [1.82, 2.24) is 19.4 Å². The molecule has 2 aromatic rings. The highest BCUT2D eigenvalue weighted by Gasteiger charge is 2.06. The molecule has 4 nitrogen and oxygen atoms in total. The fraction of sp³-hybridized carbons (Fsp3) is 0.400. The first kappa shape index (κ1) is 11.6. The second-order valence-corrected chi connectivity index (χ2v) is 4.73. The zero-order valence-corrected chi connectivity index (χ0v) is 10.8. The molecule has 2 rings (SSSR count). The number of H-pyrrole nitrogens is 1. The van der Waals surface area contributed by atoms with E-state index in [4.69, 9.17) is 23.8 Å². The maximum absolute atomic E-state index is 5.87. The minimum Gasteiger partial charge on any atom is -0.329 e. The van der Waals surface area contributed by atoms with Crippen molar-refractivity contribution >= 4 is 35.0 Å². The van der Waals surface area contributed by atoms with Crippen molar-refractivity contribution in [2.45, 2.75) is 6.54 Å². The minimum atomic E-state index is 0.614. The van der Waals surface area contributed by atoms with Crippen molar-refractivity contribution in [2.75, 3.05) is 20.6 Å². The number of halogens is 1. The van der Waals surface area contributed by atoms with Crippen LogP contribution >= 0.6 is 23.8 Å². The highest BCUT2D eigenvalue weighted by molar-refractivity contribution is 7.71. The number of aromatic nitrogens is 3. The van der Waals surface area contributed by atoms with Crippen LogP contribution in [0.15, 0.2) is 12.3 Å². The summed E-state index contributed by atoms with van der Waals surface area (Å²) in [6.07, 6.45) is 1.64. The van der Waals surface area contributed by atoms with Crippen LogP contribution in [-0.4, -0.2) is 40.1 Å². The van der Waals surface area contributed by atoms with Gasteiger partial charge in [0.1, 0.15) is 0 Å². The van der Waals surface area contributed by atoms with Crippen LogP contribution in [0, 0.1) is 4.77 Å². The average Bonchev–Trinajstić information content (AvgIpc) is 2.50. The molecule has 0 saturated carbocycles. The number of imidazole rings is 1. The number of aromatic amines is 1. The lowest BCUT2D eigenvalue weighted by atomic mass is 10.4. The standard InChI is InChI=1S/C10H13ClN4S/c1-14(2)3-4-15-9-8(13-10(15)16)5-7(11)6-12-9/h5-6H,3-4H2,1-2H3,(H,13,16). The second kappa shape index (κ2) is 4.53. The Morgan fingerprint density at radius 1 is 1.56 bits per heavy atom. The van der Waals surface area contributed by atoms with Crippen molar-refractivity contribution in [3.05, 3.63) is 22.1 Å². The van der Waals surface area contributed by atoms with Crippen molar-refractivity contribution in [2.24, 2.45) is 0 Å². The predicted molar refractivity (Wildman–Crippen MR) is 68.5 cm³/mol. The molecule has 2 heterocycles. The fourth-order valence-electron chi connectivity index (χ4n) is 1.53. The second-order valence-electron chi connectivity index (χ2n) is 3.91. The third-order valence-electron chi connectivity index (χ3n) is 2.35. The molecule has 0 radical (unpaired) electrons. The van der Waals surface area contributed by atoms with Gasteiger partial charge in [0.2, 0.25) is 0 Å². The van der Waals surface area contributed by atoms with Gasteiger partial charge >= 0.3 is 0 Å². The van der Waals surface area contributed by atoms with Gasteiger partial charge in [0.25, 0.3) is 0 Å². The van der Waals surface area contributed by atoms with Gasteiger partial charge in [-0.05, 0) is 32.4 Å². The number of hydrogen-bond acceptors (Lipinski definition) is 3. The van der Waals surface area contributed by atoms with Gasteiger partial charge in [-0.15, -0.1) is 0 Å². The summed E-state index contributed by atoms with van der Waals surface area (Å²) in [6.45, 7) is 1.74. The number of fused-ring (bicyclic) bond motifs is 1. The van der Waals surface area contributed by atoms with Gasteiger partial charge < -0.3 is 14.5 Å². The third kappa shape index (κ3) is 2.26. The number of pyridine rings is 1. The Kier molecular flexibility index (Phi) is 3.28. The molecule has 0 unspecified atom stereocenters. The quantitative estimate of drug-likeness (QED) is 0.857. The fourth-order valence-corrected chi connectivity index (χ4v) is 1.97. The Bertz CT molecular complexity index is 557. The molecule has 0 aromatic carbocycles. The molecule has 6 heteroatoms. The van der Waals surface area contributed by atoms with Crippen LogP contribution in [0.5, 0.6) is 0 Å². The molecule has 0 bridgehead atoms. The SMILES string of the molecule is CN(C)CCn1c(=S)[nH]c2cc(Cl)cnc21. The van der Waals surface area contributed by atoms with Gasteiger partial charge in [0, 0.05) is 19.3 Å². The molecule has 0 fully saturated rings. The van der Waals surface area contributed by atoms with Crippen LogP contribution in [0.25, 0.3) is 11.2 Å². The molecule has 16 heavy (non-hydrogen) atoms. The minimum absolute atomic E-state index is 0.614. The summed E-state index contributed by atoms with van der Waals surface area (Å²) in [5.74, 6) is 0. The first-order valence-electron chi connectivity index (χ1n) is 4.97. The van der Waals surface area contributed by atoms with E-state index >= 15 is 0 Å². The van der Waals surface area contributed by atoms with Crippen molar-refractivity contribution in [3.8, 4) is 0 Å². The third-order valence-corrected chi connectivity index (χ3v) is 2.88. The van der Waals surface area contributed by atoms with Gasteiger partial charge in [0.05, 0.1) is 10.5 Å².